The summed E-state index contributed by atoms with van der Waals surface area (Å²) >= 11 is 6.02. The second kappa shape index (κ2) is 7.21. The Morgan fingerprint density at radius 1 is 1.13 bits per heavy atom. The lowest BCUT2D eigenvalue weighted by Gasteiger charge is -2.23. The summed E-state index contributed by atoms with van der Waals surface area (Å²) in [6.07, 6.45) is 3.35. The molecule has 3 aliphatic heterocycles. The molecule has 0 radical (unpaired) electrons. The summed E-state index contributed by atoms with van der Waals surface area (Å²) in [5.74, 6) is -1.80. The first-order chi connectivity index (χ1) is 14.9. The van der Waals surface area contributed by atoms with Crippen molar-refractivity contribution in [1.29, 1.82) is 0 Å². The molecule has 0 aliphatic carbocycles. The molecular formula is C23H20ClN3O4. The molecule has 0 aromatic heterocycles. The number of anilines is 3. The summed E-state index contributed by atoms with van der Waals surface area (Å²) in [5, 5.41) is 6.10. The Bertz CT molecular complexity index is 1120. The van der Waals surface area contributed by atoms with Gasteiger partial charge in [0.25, 0.3) is 0 Å². The third-order valence-electron chi connectivity index (χ3n) is 5.99. The molecule has 1 spiro atoms. The van der Waals surface area contributed by atoms with Crippen molar-refractivity contribution in [3.63, 3.8) is 0 Å². The Kier molecular flexibility index (Phi) is 4.60. The van der Waals surface area contributed by atoms with Crippen LogP contribution in [0.1, 0.15) is 6.92 Å². The highest BCUT2D eigenvalue weighted by Crippen LogP contribution is 2.52. The van der Waals surface area contributed by atoms with E-state index >= 15 is 0 Å². The molecule has 31 heavy (non-hydrogen) atoms. The van der Waals surface area contributed by atoms with Crippen molar-refractivity contribution in [3.05, 3.63) is 65.7 Å². The number of halogens is 1. The maximum absolute atomic E-state index is 13.4. The minimum absolute atomic E-state index is 0.148. The first-order valence-corrected chi connectivity index (χ1v) is 10.4. The van der Waals surface area contributed by atoms with Crippen molar-refractivity contribution in [2.45, 2.75) is 18.6 Å². The summed E-state index contributed by atoms with van der Waals surface area (Å²) in [4.78, 5) is 39.4. The number of nitrogens with zero attached hydrogens (tertiary/aromatic N) is 1. The number of rotatable bonds is 4. The number of carbonyl (C=O) groups is 3. The van der Waals surface area contributed by atoms with Crippen LogP contribution in [0.4, 0.5) is 17.1 Å². The molecule has 3 heterocycles. The molecule has 3 amide bonds. The number of carbonyl (C=O) groups excluding carboxylic acids is 3. The molecule has 158 valence electrons. The molecule has 2 aromatic carbocycles. The number of benzene rings is 2. The molecule has 2 N–H and O–H groups in total. The minimum Gasteiger partial charge on any atom is -0.360 e. The second-order valence-electron chi connectivity index (χ2n) is 8.05. The van der Waals surface area contributed by atoms with Gasteiger partial charge in [0.05, 0.1) is 24.5 Å². The van der Waals surface area contributed by atoms with E-state index in [1.165, 1.54) is 6.92 Å². The fraction of sp³-hybridized carbons (Fsp3) is 0.261. The Morgan fingerprint density at radius 2 is 1.90 bits per heavy atom. The lowest BCUT2D eigenvalue weighted by molar-refractivity contribution is -0.128. The summed E-state index contributed by atoms with van der Waals surface area (Å²) in [6.45, 7) is 1.77. The average Bonchev–Trinajstić information content (AvgIpc) is 3.36. The highest BCUT2D eigenvalue weighted by atomic mass is 35.5. The highest BCUT2D eigenvalue weighted by Gasteiger charge is 2.67. The average molecular weight is 438 g/mol. The van der Waals surface area contributed by atoms with Gasteiger partial charge < -0.3 is 20.3 Å². The predicted octanol–water partition coefficient (Wildman–Crippen LogP) is 3.22. The lowest BCUT2D eigenvalue weighted by atomic mass is 9.77. The highest BCUT2D eigenvalue weighted by molar-refractivity contribution is 6.30. The van der Waals surface area contributed by atoms with Crippen LogP contribution in [0, 0.1) is 11.8 Å². The summed E-state index contributed by atoms with van der Waals surface area (Å²) in [5.41, 5.74) is 1.11. The standard InChI is InChI=1S/C23H20ClN3O4/c1-13(28)25-15-5-7-17(8-6-15)27-12-23-10-9-18(31-23)19(20(23)22(27)30)21(29)26-16-4-2-3-14(24)11-16/h2-11,18-20H,12H2,1H3,(H,25,28)(H,26,29)/t18-,19-,20-,23-/m1/s1. The largest absolute Gasteiger partial charge is 0.360 e. The van der Waals surface area contributed by atoms with Crippen LogP contribution in [0.15, 0.2) is 60.7 Å². The van der Waals surface area contributed by atoms with Crippen molar-refractivity contribution in [1.82, 2.24) is 0 Å². The Balaban J connectivity index is 1.39. The Labute approximate surface area is 184 Å². The number of ether oxygens (including phenoxy) is 1. The van der Waals surface area contributed by atoms with Crippen molar-refractivity contribution < 1.29 is 19.1 Å². The van der Waals surface area contributed by atoms with E-state index in [2.05, 4.69) is 10.6 Å². The van der Waals surface area contributed by atoms with Crippen LogP contribution in [-0.2, 0) is 19.1 Å². The van der Waals surface area contributed by atoms with Gasteiger partial charge in [-0.15, -0.1) is 0 Å². The molecule has 2 aromatic rings. The van der Waals surface area contributed by atoms with Crippen molar-refractivity contribution in [3.8, 4) is 0 Å². The number of hydrogen-bond acceptors (Lipinski definition) is 4. The molecule has 8 heteroatoms. The smallest absolute Gasteiger partial charge is 0.234 e. The molecule has 2 fully saturated rings. The maximum atomic E-state index is 13.4. The molecule has 7 nitrogen and oxygen atoms in total. The Morgan fingerprint density at radius 3 is 2.61 bits per heavy atom. The lowest BCUT2D eigenvalue weighted by Crippen LogP contribution is -2.41. The van der Waals surface area contributed by atoms with Gasteiger partial charge in [0, 0.05) is 29.0 Å². The zero-order chi connectivity index (χ0) is 21.8. The number of fused-ring (bicyclic) bond motifs is 1. The van der Waals surface area contributed by atoms with E-state index in [0.29, 0.717) is 28.6 Å². The third kappa shape index (κ3) is 3.30. The van der Waals surface area contributed by atoms with Gasteiger partial charge in [0.2, 0.25) is 17.7 Å². The van der Waals surface area contributed by atoms with Crippen LogP contribution in [0.2, 0.25) is 5.02 Å². The molecule has 2 saturated heterocycles. The van der Waals surface area contributed by atoms with Crippen LogP contribution in [0.5, 0.6) is 0 Å². The van der Waals surface area contributed by atoms with Crippen LogP contribution in [0.3, 0.4) is 0 Å². The van der Waals surface area contributed by atoms with Gasteiger partial charge in [0.15, 0.2) is 0 Å². The van der Waals surface area contributed by atoms with Gasteiger partial charge in [-0.2, -0.15) is 0 Å². The first kappa shape index (κ1) is 19.8. The fourth-order valence-corrected chi connectivity index (χ4v) is 4.93. The van der Waals surface area contributed by atoms with Gasteiger partial charge in [-0.25, -0.2) is 0 Å². The summed E-state index contributed by atoms with van der Waals surface area (Å²) < 4.78 is 6.16. The van der Waals surface area contributed by atoms with Crippen LogP contribution >= 0.6 is 11.6 Å². The maximum Gasteiger partial charge on any atom is 0.234 e. The van der Waals surface area contributed by atoms with E-state index in [4.69, 9.17) is 16.3 Å². The van der Waals surface area contributed by atoms with E-state index in [1.54, 1.807) is 53.4 Å². The SMILES string of the molecule is CC(=O)Nc1ccc(N2C[C@@]34C=C[C@@H](O3)[C@@H](C(=O)Nc3cccc(Cl)c3)[C@@H]4C2=O)cc1. The van der Waals surface area contributed by atoms with Crippen LogP contribution < -0.4 is 15.5 Å². The fourth-order valence-electron chi connectivity index (χ4n) is 4.74. The number of amides is 3. The van der Waals surface area contributed by atoms with Gasteiger partial charge >= 0.3 is 0 Å². The second-order valence-corrected chi connectivity index (χ2v) is 8.49. The van der Waals surface area contributed by atoms with Crippen molar-refractivity contribution in [2.24, 2.45) is 11.8 Å². The van der Waals surface area contributed by atoms with Crippen LogP contribution in [-0.4, -0.2) is 36.0 Å². The molecule has 0 saturated carbocycles. The molecule has 3 aliphatic rings. The number of nitrogens with one attached hydrogen (secondary N) is 2. The summed E-state index contributed by atoms with van der Waals surface area (Å²) in [6, 6.07) is 13.9. The normalized spacial score (nSPS) is 28.0. The molecule has 2 bridgehead atoms. The van der Waals surface area contributed by atoms with E-state index < -0.39 is 23.5 Å². The van der Waals surface area contributed by atoms with Gasteiger partial charge in [-0.05, 0) is 42.5 Å². The van der Waals surface area contributed by atoms with E-state index in [1.807, 2.05) is 12.2 Å². The monoisotopic (exact) mass is 437 g/mol. The zero-order valence-electron chi connectivity index (χ0n) is 16.7. The molecule has 0 unspecified atom stereocenters. The molecule has 5 rings (SSSR count). The van der Waals surface area contributed by atoms with Gasteiger partial charge in [-0.3, -0.25) is 14.4 Å². The quantitative estimate of drug-likeness (QED) is 0.719. The topological polar surface area (TPSA) is 87.7 Å². The first-order valence-electron chi connectivity index (χ1n) is 9.99. The zero-order valence-corrected chi connectivity index (χ0v) is 17.4. The van der Waals surface area contributed by atoms with Crippen molar-refractivity contribution in [2.75, 3.05) is 22.1 Å². The van der Waals surface area contributed by atoms with Crippen molar-refractivity contribution >= 4 is 46.4 Å². The summed E-state index contributed by atoms with van der Waals surface area (Å²) in [7, 11) is 0. The van der Waals surface area contributed by atoms with E-state index in [0.717, 1.165) is 0 Å². The van der Waals surface area contributed by atoms with E-state index in [-0.39, 0.29) is 17.7 Å². The molecule has 4 atom stereocenters. The van der Waals surface area contributed by atoms with Gasteiger partial charge in [0.1, 0.15) is 5.60 Å². The Hall–Kier alpha value is -3.16. The third-order valence-corrected chi connectivity index (χ3v) is 6.23. The number of hydrogen-bond donors (Lipinski definition) is 2. The van der Waals surface area contributed by atoms with E-state index in [9.17, 15) is 14.4 Å². The van der Waals surface area contributed by atoms with Crippen LogP contribution in [0.25, 0.3) is 0 Å². The van der Waals surface area contributed by atoms with Gasteiger partial charge in [-0.1, -0.05) is 29.8 Å². The predicted molar refractivity (Wildman–Crippen MR) is 117 cm³/mol. The minimum atomic E-state index is -0.811. The molecular weight excluding hydrogens is 418 g/mol.